The summed E-state index contributed by atoms with van der Waals surface area (Å²) in [6.45, 7) is 8.39. The molecule has 1 saturated heterocycles. The van der Waals surface area contributed by atoms with Crippen LogP contribution in [0.5, 0.6) is 0 Å². The molecule has 2 atom stereocenters. The van der Waals surface area contributed by atoms with Crippen LogP contribution in [0.4, 0.5) is 0 Å². The van der Waals surface area contributed by atoms with E-state index in [2.05, 4.69) is 13.2 Å². The van der Waals surface area contributed by atoms with E-state index < -0.39 is 0 Å². The maximum atomic E-state index is 5.11. The van der Waals surface area contributed by atoms with E-state index in [0.29, 0.717) is 12.0 Å². The van der Waals surface area contributed by atoms with Gasteiger partial charge < -0.3 is 4.74 Å². The van der Waals surface area contributed by atoms with Gasteiger partial charge in [-0.05, 0) is 18.8 Å². The van der Waals surface area contributed by atoms with Gasteiger partial charge in [-0.1, -0.05) is 12.2 Å². The van der Waals surface area contributed by atoms with Gasteiger partial charge in [0.2, 0.25) is 0 Å². The molecule has 0 N–H and O–H groups in total. The smallest absolute Gasteiger partial charge is 0.0815 e. The first-order valence-corrected chi connectivity index (χ1v) is 3.72. The van der Waals surface area contributed by atoms with Crippen molar-refractivity contribution in [1.82, 2.24) is 0 Å². The van der Waals surface area contributed by atoms with Crippen molar-refractivity contribution in [3.8, 4) is 0 Å². The molecule has 1 aliphatic heterocycles. The fourth-order valence-corrected chi connectivity index (χ4v) is 1.04. The van der Waals surface area contributed by atoms with Crippen molar-refractivity contribution in [3.05, 3.63) is 25.3 Å². The highest BCUT2D eigenvalue weighted by molar-refractivity contribution is 4.88. The van der Waals surface area contributed by atoms with Gasteiger partial charge in [-0.15, -0.1) is 13.2 Å². The summed E-state index contributed by atoms with van der Waals surface area (Å²) in [5, 5.41) is 0. The molecule has 1 nitrogen and oxygen atoms in total. The minimum Gasteiger partial charge on any atom is -0.373 e. The highest BCUT2D eigenvalue weighted by Gasteiger charge is 2.24. The molecule has 0 aromatic carbocycles. The Morgan fingerprint density at radius 3 is 2.70 bits per heavy atom. The topological polar surface area (TPSA) is 12.5 Å². The quantitative estimate of drug-likeness (QED) is 0.419. The zero-order chi connectivity index (χ0) is 7.40. The molecule has 0 saturated carbocycles. The molecule has 0 amide bonds. The van der Waals surface area contributed by atoms with Crippen LogP contribution in [0, 0.1) is 5.92 Å². The first-order chi connectivity index (χ1) is 4.86. The zero-order valence-electron chi connectivity index (χ0n) is 6.25. The summed E-state index contributed by atoms with van der Waals surface area (Å²) in [5.74, 6) is 0.574. The molecule has 0 radical (unpaired) electrons. The predicted molar refractivity (Wildman–Crippen MR) is 42.9 cm³/mol. The van der Waals surface area contributed by atoms with Gasteiger partial charge in [0.1, 0.15) is 0 Å². The van der Waals surface area contributed by atoms with Crippen molar-refractivity contribution < 1.29 is 4.74 Å². The van der Waals surface area contributed by atoms with E-state index in [0.717, 1.165) is 19.4 Å². The van der Waals surface area contributed by atoms with Crippen LogP contribution in [0.15, 0.2) is 25.3 Å². The second-order valence-corrected chi connectivity index (χ2v) is 2.71. The molecular weight excluding hydrogens is 124 g/mol. The van der Waals surface area contributed by atoms with E-state index >= 15 is 0 Å². The Morgan fingerprint density at radius 1 is 1.60 bits per heavy atom. The Balaban J connectivity index is 2.17. The first-order valence-electron chi connectivity index (χ1n) is 3.72. The zero-order valence-corrected chi connectivity index (χ0v) is 6.25. The lowest BCUT2D eigenvalue weighted by atomic mass is 10.0. The number of hydrogen-bond donors (Lipinski definition) is 0. The fourth-order valence-electron chi connectivity index (χ4n) is 1.04. The molecule has 0 aromatic rings. The molecule has 2 unspecified atom stereocenters. The van der Waals surface area contributed by atoms with E-state index in [1.807, 2.05) is 12.2 Å². The van der Waals surface area contributed by atoms with Gasteiger partial charge in [-0.25, -0.2) is 0 Å². The summed E-state index contributed by atoms with van der Waals surface area (Å²) >= 11 is 0. The largest absolute Gasteiger partial charge is 0.373 e. The Morgan fingerprint density at radius 2 is 2.30 bits per heavy atom. The number of epoxide rings is 1. The third kappa shape index (κ3) is 2.36. The Labute approximate surface area is 62.4 Å². The van der Waals surface area contributed by atoms with Crippen LogP contribution in [0.1, 0.15) is 12.8 Å². The second kappa shape index (κ2) is 3.57. The summed E-state index contributed by atoms with van der Waals surface area (Å²) in [6.07, 6.45) is 6.60. The van der Waals surface area contributed by atoms with Gasteiger partial charge in [-0.3, -0.25) is 0 Å². The fraction of sp³-hybridized carbons (Fsp3) is 0.556. The predicted octanol–water partition coefficient (Wildman–Crippen LogP) is 2.15. The number of rotatable bonds is 5. The average molecular weight is 138 g/mol. The molecule has 1 aliphatic rings. The van der Waals surface area contributed by atoms with Crippen molar-refractivity contribution in [2.75, 3.05) is 6.61 Å². The van der Waals surface area contributed by atoms with Crippen LogP contribution in [-0.2, 0) is 4.74 Å². The van der Waals surface area contributed by atoms with Gasteiger partial charge in [-0.2, -0.15) is 0 Å². The molecule has 0 aromatic heterocycles. The summed E-state index contributed by atoms with van der Waals surface area (Å²) in [4.78, 5) is 0. The van der Waals surface area contributed by atoms with Crippen molar-refractivity contribution in [1.29, 1.82) is 0 Å². The lowest BCUT2D eigenvalue weighted by molar-refractivity contribution is 0.374. The van der Waals surface area contributed by atoms with Gasteiger partial charge in [0, 0.05) is 0 Å². The maximum absolute atomic E-state index is 5.11. The molecule has 1 fully saturated rings. The molecule has 1 heterocycles. The number of ether oxygens (including phenoxy) is 1. The minimum atomic E-state index is 0.517. The van der Waals surface area contributed by atoms with Crippen molar-refractivity contribution in [2.24, 2.45) is 5.92 Å². The molecule has 0 aliphatic carbocycles. The lowest BCUT2D eigenvalue weighted by Crippen LogP contribution is -1.98. The summed E-state index contributed by atoms with van der Waals surface area (Å²) in [7, 11) is 0. The molecule has 56 valence electrons. The SMILES string of the molecule is C=CCC(C=C)CC1CO1. The van der Waals surface area contributed by atoms with Crippen LogP contribution in [0.2, 0.25) is 0 Å². The Hall–Kier alpha value is -0.560. The Bertz CT molecular complexity index is 125. The van der Waals surface area contributed by atoms with E-state index in [4.69, 9.17) is 4.74 Å². The third-order valence-electron chi connectivity index (χ3n) is 1.77. The number of allylic oxidation sites excluding steroid dienone is 2. The van der Waals surface area contributed by atoms with E-state index in [9.17, 15) is 0 Å². The lowest BCUT2D eigenvalue weighted by Gasteiger charge is -2.05. The van der Waals surface area contributed by atoms with Crippen molar-refractivity contribution >= 4 is 0 Å². The van der Waals surface area contributed by atoms with Crippen LogP contribution >= 0.6 is 0 Å². The van der Waals surface area contributed by atoms with Crippen molar-refractivity contribution in [3.63, 3.8) is 0 Å². The highest BCUT2D eigenvalue weighted by atomic mass is 16.6. The molecule has 1 rings (SSSR count). The molecule has 0 bridgehead atoms. The van der Waals surface area contributed by atoms with Gasteiger partial charge in [0.25, 0.3) is 0 Å². The standard InChI is InChI=1S/C9H14O/c1-3-5-8(4-2)6-9-7-10-9/h3-4,8-9H,1-2,5-7H2. The first kappa shape index (κ1) is 7.55. The third-order valence-corrected chi connectivity index (χ3v) is 1.77. The molecular formula is C9H14O. The molecule has 0 spiro atoms. The second-order valence-electron chi connectivity index (χ2n) is 2.71. The van der Waals surface area contributed by atoms with Crippen LogP contribution in [0.3, 0.4) is 0 Å². The van der Waals surface area contributed by atoms with Crippen molar-refractivity contribution in [2.45, 2.75) is 18.9 Å². The minimum absolute atomic E-state index is 0.517. The van der Waals surface area contributed by atoms with Gasteiger partial charge >= 0.3 is 0 Å². The van der Waals surface area contributed by atoms with Gasteiger partial charge in [0.15, 0.2) is 0 Å². The van der Waals surface area contributed by atoms with E-state index in [-0.39, 0.29) is 0 Å². The van der Waals surface area contributed by atoms with Crippen LogP contribution < -0.4 is 0 Å². The maximum Gasteiger partial charge on any atom is 0.0815 e. The van der Waals surface area contributed by atoms with Gasteiger partial charge in [0.05, 0.1) is 12.7 Å². The average Bonchev–Trinajstić information content (AvgIpc) is 2.71. The van der Waals surface area contributed by atoms with Crippen LogP contribution in [0.25, 0.3) is 0 Å². The number of hydrogen-bond acceptors (Lipinski definition) is 1. The summed E-state index contributed by atoms with van der Waals surface area (Å²) < 4.78 is 5.11. The molecule has 10 heavy (non-hydrogen) atoms. The van der Waals surface area contributed by atoms with E-state index in [1.54, 1.807) is 0 Å². The highest BCUT2D eigenvalue weighted by Crippen LogP contribution is 2.22. The monoisotopic (exact) mass is 138 g/mol. The normalized spacial score (nSPS) is 25.4. The van der Waals surface area contributed by atoms with E-state index in [1.165, 1.54) is 0 Å². The Kier molecular flexibility index (Phi) is 2.69. The summed E-state index contributed by atoms with van der Waals surface area (Å²) in [6, 6.07) is 0. The molecule has 1 heteroatoms. The summed E-state index contributed by atoms with van der Waals surface area (Å²) in [5.41, 5.74) is 0. The van der Waals surface area contributed by atoms with Crippen LogP contribution in [-0.4, -0.2) is 12.7 Å².